The highest BCUT2D eigenvalue weighted by Gasteiger charge is 2.25. The van der Waals surface area contributed by atoms with Crippen LogP contribution < -0.4 is 5.32 Å². The quantitative estimate of drug-likeness (QED) is 0.494. The second-order valence-electron chi connectivity index (χ2n) is 3.90. The molecule has 1 aromatic carbocycles. The van der Waals surface area contributed by atoms with Crippen LogP contribution in [-0.4, -0.2) is 17.6 Å². The van der Waals surface area contributed by atoms with Crippen LogP contribution in [-0.2, 0) is 11.2 Å². The van der Waals surface area contributed by atoms with Gasteiger partial charge in [0, 0.05) is 24.2 Å². The highest BCUT2D eigenvalue weighted by atomic mass is 16.6. The molecule has 0 spiro atoms. The summed E-state index contributed by atoms with van der Waals surface area (Å²) >= 11 is 0. The monoisotopic (exact) mass is 234 g/mol. The van der Waals surface area contributed by atoms with Crippen molar-refractivity contribution in [2.45, 2.75) is 19.4 Å². The number of hydrogen-bond donors (Lipinski definition) is 1. The highest BCUT2D eigenvalue weighted by molar-refractivity contribution is 5.62. The largest absolute Gasteiger partial charge is 0.497 e. The van der Waals surface area contributed by atoms with Crippen molar-refractivity contribution in [3.63, 3.8) is 0 Å². The summed E-state index contributed by atoms with van der Waals surface area (Å²) in [6, 6.07) is 4.85. The molecule has 0 radical (unpaired) electrons. The minimum Gasteiger partial charge on any atom is -0.497 e. The van der Waals surface area contributed by atoms with Gasteiger partial charge in [-0.3, -0.25) is 10.1 Å². The summed E-state index contributed by atoms with van der Waals surface area (Å²) in [5.41, 5.74) is 1.95. The molecule has 5 heteroatoms. The van der Waals surface area contributed by atoms with Crippen LogP contribution in [0.3, 0.4) is 0 Å². The van der Waals surface area contributed by atoms with Gasteiger partial charge in [0.1, 0.15) is 5.76 Å². The van der Waals surface area contributed by atoms with E-state index in [0.29, 0.717) is 12.4 Å². The van der Waals surface area contributed by atoms with E-state index < -0.39 is 4.92 Å². The first kappa shape index (κ1) is 11.4. The van der Waals surface area contributed by atoms with E-state index in [0.717, 1.165) is 17.7 Å². The van der Waals surface area contributed by atoms with E-state index in [1.165, 1.54) is 6.07 Å². The molecule has 2 rings (SSSR count). The molecular formula is C12H14N2O3. The maximum absolute atomic E-state index is 10.7. The number of nitrogens with zero attached hydrogens (tertiary/aromatic N) is 1. The smallest absolute Gasteiger partial charge is 0.271 e. The third kappa shape index (κ3) is 2.22. The van der Waals surface area contributed by atoms with Gasteiger partial charge in [-0.25, -0.2) is 0 Å². The maximum atomic E-state index is 10.7. The van der Waals surface area contributed by atoms with Crippen molar-refractivity contribution in [1.29, 1.82) is 0 Å². The number of nitro benzene ring substituents is 1. The summed E-state index contributed by atoms with van der Waals surface area (Å²) in [6.07, 6.45) is 0.756. The Bertz CT molecular complexity index is 471. The van der Waals surface area contributed by atoms with Gasteiger partial charge in [0.25, 0.3) is 5.69 Å². The molecular weight excluding hydrogens is 220 g/mol. The van der Waals surface area contributed by atoms with Crippen LogP contribution in [0.15, 0.2) is 30.5 Å². The van der Waals surface area contributed by atoms with Gasteiger partial charge in [-0.05, 0) is 12.5 Å². The average molecular weight is 234 g/mol. The first-order valence-electron chi connectivity index (χ1n) is 5.47. The Morgan fingerprint density at radius 2 is 2.47 bits per heavy atom. The van der Waals surface area contributed by atoms with Crippen molar-refractivity contribution >= 4 is 11.4 Å². The lowest BCUT2D eigenvalue weighted by Gasteiger charge is -2.14. The van der Waals surface area contributed by atoms with Crippen LogP contribution in [0.25, 0.3) is 0 Å². The van der Waals surface area contributed by atoms with Gasteiger partial charge in [0.15, 0.2) is 0 Å². The van der Waals surface area contributed by atoms with E-state index >= 15 is 0 Å². The summed E-state index contributed by atoms with van der Waals surface area (Å²) in [7, 11) is 0. The molecule has 1 unspecified atom stereocenters. The Morgan fingerprint density at radius 1 is 1.71 bits per heavy atom. The minimum absolute atomic E-state index is 0.00644. The molecule has 1 aliphatic heterocycles. The van der Waals surface area contributed by atoms with Crippen molar-refractivity contribution in [2.75, 3.05) is 11.9 Å². The normalized spacial score (nSPS) is 17.1. The van der Waals surface area contributed by atoms with Gasteiger partial charge in [-0.15, -0.1) is 0 Å². The van der Waals surface area contributed by atoms with Gasteiger partial charge in [0.2, 0.25) is 0 Å². The standard InChI is InChI=1S/C12H14N2O3/c1-3-17-8(2)11-6-9-4-5-10(14(15)16)7-12(9)13-11/h4-5,7,11,13H,2-3,6H2,1H3. The van der Waals surface area contributed by atoms with Gasteiger partial charge in [-0.1, -0.05) is 12.6 Å². The molecule has 1 aromatic rings. The van der Waals surface area contributed by atoms with Gasteiger partial charge in [-0.2, -0.15) is 0 Å². The van der Waals surface area contributed by atoms with Crippen molar-refractivity contribution in [1.82, 2.24) is 0 Å². The number of anilines is 1. The zero-order valence-electron chi connectivity index (χ0n) is 9.60. The Kier molecular flexibility index (Phi) is 2.99. The molecule has 1 aliphatic rings. The summed E-state index contributed by atoms with van der Waals surface area (Å²) in [6.45, 7) is 6.33. The number of hydrogen-bond acceptors (Lipinski definition) is 4. The van der Waals surface area contributed by atoms with Crippen LogP contribution >= 0.6 is 0 Å². The first-order chi connectivity index (χ1) is 8.11. The topological polar surface area (TPSA) is 64.4 Å². The zero-order valence-corrected chi connectivity index (χ0v) is 9.60. The SMILES string of the molecule is C=C(OCC)C1Cc2ccc([N+](=O)[O-])cc2N1. The number of non-ortho nitro benzene ring substituents is 1. The molecule has 0 aliphatic carbocycles. The molecule has 1 atom stereocenters. The van der Waals surface area contributed by atoms with Crippen LogP contribution in [0.2, 0.25) is 0 Å². The molecule has 0 bridgehead atoms. The summed E-state index contributed by atoms with van der Waals surface area (Å²) in [4.78, 5) is 10.3. The predicted molar refractivity (Wildman–Crippen MR) is 65.0 cm³/mol. The average Bonchev–Trinajstić information content (AvgIpc) is 2.71. The summed E-state index contributed by atoms with van der Waals surface area (Å²) in [5.74, 6) is 0.673. The summed E-state index contributed by atoms with van der Waals surface area (Å²) < 4.78 is 5.34. The van der Waals surface area contributed by atoms with E-state index in [-0.39, 0.29) is 11.7 Å². The summed E-state index contributed by atoms with van der Waals surface area (Å²) in [5, 5.41) is 13.8. The second-order valence-corrected chi connectivity index (χ2v) is 3.90. The number of nitro groups is 1. The van der Waals surface area contributed by atoms with Crippen molar-refractivity contribution in [2.24, 2.45) is 0 Å². The van der Waals surface area contributed by atoms with Gasteiger partial charge >= 0.3 is 0 Å². The Balaban J connectivity index is 2.16. The van der Waals surface area contributed by atoms with E-state index in [2.05, 4.69) is 11.9 Å². The fraction of sp³-hybridized carbons (Fsp3) is 0.333. The van der Waals surface area contributed by atoms with E-state index in [1.54, 1.807) is 12.1 Å². The lowest BCUT2D eigenvalue weighted by Crippen LogP contribution is -2.19. The Hall–Kier alpha value is -2.04. The maximum Gasteiger partial charge on any atom is 0.271 e. The van der Waals surface area contributed by atoms with Crippen LogP contribution in [0, 0.1) is 10.1 Å². The molecule has 0 aromatic heterocycles. The number of rotatable bonds is 4. The fourth-order valence-electron chi connectivity index (χ4n) is 1.93. The third-order valence-corrected chi connectivity index (χ3v) is 2.78. The molecule has 17 heavy (non-hydrogen) atoms. The molecule has 0 fully saturated rings. The molecule has 0 saturated heterocycles. The molecule has 1 heterocycles. The predicted octanol–water partition coefficient (Wildman–Crippen LogP) is 2.48. The minimum atomic E-state index is -0.396. The van der Waals surface area contributed by atoms with Crippen molar-refractivity contribution in [3.05, 3.63) is 46.2 Å². The zero-order chi connectivity index (χ0) is 12.4. The molecule has 1 N–H and O–H groups in total. The van der Waals surface area contributed by atoms with Crippen LogP contribution in [0.1, 0.15) is 12.5 Å². The number of fused-ring (bicyclic) bond motifs is 1. The third-order valence-electron chi connectivity index (χ3n) is 2.78. The highest BCUT2D eigenvalue weighted by Crippen LogP contribution is 2.31. The molecule has 90 valence electrons. The first-order valence-corrected chi connectivity index (χ1v) is 5.47. The van der Waals surface area contributed by atoms with Gasteiger partial charge in [0.05, 0.1) is 17.6 Å². The second kappa shape index (κ2) is 4.45. The molecule has 5 nitrogen and oxygen atoms in total. The fourth-order valence-corrected chi connectivity index (χ4v) is 1.93. The Morgan fingerprint density at radius 3 is 3.12 bits per heavy atom. The van der Waals surface area contributed by atoms with Crippen molar-refractivity contribution < 1.29 is 9.66 Å². The number of benzene rings is 1. The van der Waals surface area contributed by atoms with E-state index in [1.807, 2.05) is 6.92 Å². The number of ether oxygens (including phenoxy) is 1. The Labute approximate surface area is 99.2 Å². The van der Waals surface area contributed by atoms with Crippen molar-refractivity contribution in [3.8, 4) is 0 Å². The van der Waals surface area contributed by atoms with E-state index in [4.69, 9.17) is 4.74 Å². The molecule has 0 amide bonds. The van der Waals surface area contributed by atoms with Gasteiger partial charge < -0.3 is 10.1 Å². The number of nitrogens with one attached hydrogen (secondary N) is 1. The van der Waals surface area contributed by atoms with Crippen LogP contribution in [0.4, 0.5) is 11.4 Å². The van der Waals surface area contributed by atoms with E-state index in [9.17, 15) is 10.1 Å². The van der Waals surface area contributed by atoms with Crippen LogP contribution in [0.5, 0.6) is 0 Å². The molecule has 0 saturated carbocycles. The lowest BCUT2D eigenvalue weighted by atomic mass is 10.1. The lowest BCUT2D eigenvalue weighted by molar-refractivity contribution is -0.384.